The average Bonchev–Trinajstić information content (AvgIpc) is 3.41. The molecule has 2 N–H and O–H groups in total. The molecule has 158 valence electrons. The van der Waals surface area contributed by atoms with Gasteiger partial charge in [0.05, 0.1) is 0 Å². The van der Waals surface area contributed by atoms with Gasteiger partial charge in [-0.3, -0.25) is 19.1 Å². The van der Waals surface area contributed by atoms with E-state index < -0.39 is 11.2 Å². The second-order valence-electron chi connectivity index (χ2n) is 7.77. The van der Waals surface area contributed by atoms with Gasteiger partial charge in [-0.25, -0.2) is 9.78 Å². The summed E-state index contributed by atoms with van der Waals surface area (Å²) in [6, 6.07) is 8.23. The first kappa shape index (κ1) is 19.9. The Labute approximate surface area is 173 Å². The van der Waals surface area contributed by atoms with E-state index in [9.17, 15) is 14.4 Å². The average molecular weight is 410 g/mol. The number of benzene rings is 1. The molecule has 0 bridgehead atoms. The fourth-order valence-electron chi connectivity index (χ4n) is 3.94. The quantitative estimate of drug-likeness (QED) is 0.634. The summed E-state index contributed by atoms with van der Waals surface area (Å²) in [6.45, 7) is 2.66. The number of aryl methyl sites for hydroxylation is 2. The molecule has 30 heavy (non-hydrogen) atoms. The number of hydrogen-bond acceptors (Lipinski definition) is 5. The molecule has 1 aliphatic rings. The molecule has 2 aromatic heterocycles. The first-order valence-corrected chi connectivity index (χ1v) is 10.2. The molecule has 0 unspecified atom stereocenters. The number of H-pyrrole nitrogens is 2. The lowest BCUT2D eigenvalue weighted by molar-refractivity contribution is -0.130. The van der Waals surface area contributed by atoms with E-state index in [1.165, 1.54) is 23.1 Å². The number of hydrogen-bond donors (Lipinski definition) is 2. The Kier molecular flexibility index (Phi) is 5.43. The number of aromatic nitrogens is 4. The molecule has 3 heterocycles. The van der Waals surface area contributed by atoms with E-state index in [1.807, 2.05) is 12.1 Å². The lowest BCUT2D eigenvalue weighted by Crippen LogP contribution is -2.28. The fourth-order valence-corrected chi connectivity index (χ4v) is 3.94. The normalized spacial score (nSPS) is 13.9. The number of rotatable bonds is 6. The molecular weight excluding hydrogens is 384 g/mol. The summed E-state index contributed by atoms with van der Waals surface area (Å²) >= 11 is 0. The molecule has 1 amide bonds. The number of carbonyl (C=O) groups excluding carboxylic acids is 1. The van der Waals surface area contributed by atoms with Crippen LogP contribution in [0.25, 0.3) is 11.2 Å². The maximum Gasteiger partial charge on any atom is 0.329 e. The van der Waals surface area contributed by atoms with Crippen LogP contribution < -0.4 is 16.1 Å². The molecule has 1 fully saturated rings. The molecule has 0 radical (unpaired) electrons. The molecule has 4 rings (SSSR count). The molecule has 3 aromatic rings. The number of imidazole rings is 1. The number of nitrogens with zero attached hydrogens (tertiary/aromatic N) is 4. The Hall–Kier alpha value is -3.36. The smallest absolute Gasteiger partial charge is 0.329 e. The van der Waals surface area contributed by atoms with Gasteiger partial charge in [0.2, 0.25) is 5.91 Å². The Morgan fingerprint density at radius 1 is 1.17 bits per heavy atom. The van der Waals surface area contributed by atoms with Crippen molar-refractivity contribution in [1.29, 1.82) is 0 Å². The van der Waals surface area contributed by atoms with Crippen LogP contribution in [0.15, 0.2) is 33.9 Å². The van der Waals surface area contributed by atoms with Crippen LogP contribution in [0.4, 0.5) is 5.69 Å². The topological polar surface area (TPSA) is 107 Å². The Bertz CT molecular complexity index is 1190. The first-order valence-electron chi connectivity index (χ1n) is 10.2. The second-order valence-corrected chi connectivity index (χ2v) is 7.77. The molecule has 0 atom stereocenters. The zero-order valence-electron chi connectivity index (χ0n) is 17.3. The minimum Gasteiger partial charge on any atom is -0.371 e. The van der Waals surface area contributed by atoms with Crippen molar-refractivity contribution in [3.63, 3.8) is 0 Å². The van der Waals surface area contributed by atoms with Gasteiger partial charge >= 0.3 is 5.69 Å². The van der Waals surface area contributed by atoms with Crippen molar-refractivity contribution < 1.29 is 4.79 Å². The van der Waals surface area contributed by atoms with Crippen molar-refractivity contribution in [3.8, 4) is 0 Å². The monoisotopic (exact) mass is 410 g/mol. The molecule has 1 aliphatic heterocycles. The molecule has 9 heteroatoms. The third-order valence-corrected chi connectivity index (χ3v) is 5.65. The first-order chi connectivity index (χ1) is 14.4. The Balaban J connectivity index is 1.43. The van der Waals surface area contributed by atoms with Crippen molar-refractivity contribution in [1.82, 2.24) is 24.4 Å². The Morgan fingerprint density at radius 2 is 1.90 bits per heavy atom. The third kappa shape index (κ3) is 3.87. The number of amides is 1. The third-order valence-electron chi connectivity index (χ3n) is 5.65. The molecule has 1 saturated heterocycles. The Morgan fingerprint density at radius 3 is 2.67 bits per heavy atom. The van der Waals surface area contributed by atoms with E-state index in [4.69, 9.17) is 0 Å². The van der Waals surface area contributed by atoms with Crippen molar-refractivity contribution in [2.75, 3.05) is 25.0 Å². The zero-order valence-corrected chi connectivity index (χ0v) is 17.3. The molecule has 0 saturated carbocycles. The number of fused-ring (bicyclic) bond motifs is 1. The van der Waals surface area contributed by atoms with Gasteiger partial charge in [-0.05, 0) is 24.5 Å². The van der Waals surface area contributed by atoms with Crippen LogP contribution in [0, 0.1) is 0 Å². The standard InChI is InChI=1S/C21H26N6O3/c1-25(13-14-7-3-4-8-15(14)27-11-5-6-12-27)17(28)10-9-16-22-18-19(23-16)26(2)21(30)24-20(18)29/h3-4,7-8H,5-6,9-13H2,1-2H3,(H,22,23)(H,24,29,30). The van der Waals surface area contributed by atoms with Gasteiger partial charge in [-0.2, -0.15) is 0 Å². The lowest BCUT2D eigenvalue weighted by atomic mass is 10.1. The maximum atomic E-state index is 12.7. The summed E-state index contributed by atoms with van der Waals surface area (Å²) in [5.74, 6) is 0.505. The lowest BCUT2D eigenvalue weighted by Gasteiger charge is -2.24. The molecule has 0 aliphatic carbocycles. The molecule has 1 aromatic carbocycles. The second kappa shape index (κ2) is 8.17. The summed E-state index contributed by atoms with van der Waals surface area (Å²) in [7, 11) is 3.35. The van der Waals surface area contributed by atoms with Crippen LogP contribution in [0.2, 0.25) is 0 Å². The number of carbonyl (C=O) groups is 1. The van der Waals surface area contributed by atoms with Gasteiger partial charge in [0.25, 0.3) is 5.56 Å². The highest BCUT2D eigenvalue weighted by Gasteiger charge is 2.18. The van der Waals surface area contributed by atoms with Crippen LogP contribution in [0.1, 0.15) is 30.7 Å². The van der Waals surface area contributed by atoms with E-state index in [-0.39, 0.29) is 17.8 Å². The van der Waals surface area contributed by atoms with Gasteiger partial charge in [-0.15, -0.1) is 0 Å². The van der Waals surface area contributed by atoms with Gasteiger partial charge in [-0.1, -0.05) is 18.2 Å². The van der Waals surface area contributed by atoms with Gasteiger partial charge in [0.1, 0.15) is 11.3 Å². The van der Waals surface area contributed by atoms with Crippen LogP contribution in [-0.2, 0) is 24.8 Å². The van der Waals surface area contributed by atoms with Crippen molar-refractivity contribution in [2.24, 2.45) is 7.05 Å². The molecule has 9 nitrogen and oxygen atoms in total. The van der Waals surface area contributed by atoms with Crippen LogP contribution in [0.5, 0.6) is 0 Å². The number of anilines is 1. The van der Waals surface area contributed by atoms with E-state index in [1.54, 1.807) is 19.0 Å². The van der Waals surface area contributed by atoms with Gasteiger partial charge < -0.3 is 14.8 Å². The summed E-state index contributed by atoms with van der Waals surface area (Å²) in [4.78, 5) is 49.9. The minimum atomic E-state index is -0.516. The van der Waals surface area contributed by atoms with Crippen molar-refractivity contribution >= 4 is 22.8 Å². The van der Waals surface area contributed by atoms with Crippen LogP contribution >= 0.6 is 0 Å². The van der Waals surface area contributed by atoms with E-state index >= 15 is 0 Å². The molecular formula is C21H26N6O3. The summed E-state index contributed by atoms with van der Waals surface area (Å²) in [6.07, 6.45) is 3.03. The fraction of sp³-hybridized carbons (Fsp3) is 0.429. The SMILES string of the molecule is CN(Cc1ccccc1N1CCCC1)C(=O)CCc1nc2c([nH]1)c(=O)[nH]c(=O)n2C. The number of aromatic amines is 2. The van der Waals surface area contributed by atoms with E-state index in [0.717, 1.165) is 18.7 Å². The number of nitrogens with one attached hydrogen (secondary N) is 2. The highest BCUT2D eigenvalue weighted by molar-refractivity contribution is 5.76. The van der Waals surface area contributed by atoms with Gasteiger partial charge in [0, 0.05) is 52.3 Å². The van der Waals surface area contributed by atoms with Crippen LogP contribution in [-0.4, -0.2) is 50.5 Å². The maximum absolute atomic E-state index is 12.7. The van der Waals surface area contributed by atoms with Gasteiger partial charge in [0.15, 0.2) is 5.65 Å². The van der Waals surface area contributed by atoms with E-state index in [0.29, 0.717) is 24.4 Å². The summed E-state index contributed by atoms with van der Waals surface area (Å²) < 4.78 is 1.28. The summed E-state index contributed by atoms with van der Waals surface area (Å²) in [5.41, 5.74) is 1.85. The number of para-hydroxylation sites is 1. The highest BCUT2D eigenvalue weighted by Crippen LogP contribution is 2.25. The van der Waals surface area contributed by atoms with E-state index in [2.05, 4.69) is 32.0 Å². The minimum absolute atomic E-state index is 0.00511. The van der Waals surface area contributed by atoms with Crippen LogP contribution in [0.3, 0.4) is 0 Å². The van der Waals surface area contributed by atoms with Crippen molar-refractivity contribution in [2.45, 2.75) is 32.2 Å². The van der Waals surface area contributed by atoms with Crippen molar-refractivity contribution in [3.05, 3.63) is 56.5 Å². The predicted octanol–water partition coefficient (Wildman–Crippen LogP) is 1.14. The highest BCUT2D eigenvalue weighted by atomic mass is 16.2. The molecule has 0 spiro atoms. The summed E-state index contributed by atoms with van der Waals surface area (Å²) in [5, 5.41) is 0. The largest absolute Gasteiger partial charge is 0.371 e. The predicted molar refractivity (Wildman–Crippen MR) is 115 cm³/mol. The zero-order chi connectivity index (χ0) is 21.3.